The van der Waals surface area contributed by atoms with Crippen LogP contribution in [0.25, 0.3) is 0 Å². The maximum Gasteiger partial charge on any atom is 0.0992 e. The predicted molar refractivity (Wildman–Crippen MR) is 95.0 cm³/mol. The molecule has 0 N–H and O–H groups in total. The summed E-state index contributed by atoms with van der Waals surface area (Å²) in [7, 11) is 0. The average molecular weight is 344 g/mol. The summed E-state index contributed by atoms with van der Waals surface area (Å²) in [6.07, 6.45) is 6.31. The molecule has 1 saturated heterocycles. The molecule has 2 aromatic heterocycles. The van der Waals surface area contributed by atoms with Gasteiger partial charge in [-0.2, -0.15) is 0 Å². The fourth-order valence-corrected chi connectivity index (χ4v) is 4.73. The van der Waals surface area contributed by atoms with Crippen molar-refractivity contribution in [1.29, 1.82) is 0 Å². The quantitative estimate of drug-likeness (QED) is 0.833. The molecule has 1 aliphatic heterocycles. The van der Waals surface area contributed by atoms with Crippen molar-refractivity contribution in [3.63, 3.8) is 0 Å². The van der Waals surface area contributed by atoms with E-state index in [-0.39, 0.29) is 12.2 Å². The lowest BCUT2D eigenvalue weighted by molar-refractivity contribution is -0.118. The minimum atomic E-state index is 0.197. The van der Waals surface area contributed by atoms with Crippen LogP contribution in [0.4, 0.5) is 0 Å². The molecular weight excluding hydrogens is 320 g/mol. The Morgan fingerprint density at radius 2 is 2.33 bits per heavy atom. The average Bonchev–Trinajstić information content (AvgIpc) is 3.21. The summed E-state index contributed by atoms with van der Waals surface area (Å²) < 4.78 is 12.3. The fraction of sp³-hybridized carbons (Fsp3) is 0.526. The third kappa shape index (κ3) is 3.40. The van der Waals surface area contributed by atoms with Crippen LogP contribution in [0, 0.1) is 6.92 Å². The van der Waals surface area contributed by atoms with Crippen molar-refractivity contribution in [3.05, 3.63) is 52.0 Å². The summed E-state index contributed by atoms with van der Waals surface area (Å²) >= 11 is 1.87. The molecule has 24 heavy (non-hydrogen) atoms. The Morgan fingerprint density at radius 1 is 1.38 bits per heavy atom. The first-order chi connectivity index (χ1) is 11.8. The predicted octanol–water partition coefficient (Wildman–Crippen LogP) is 3.40. The molecule has 0 amide bonds. The fourth-order valence-electron chi connectivity index (χ4n) is 3.80. The van der Waals surface area contributed by atoms with E-state index >= 15 is 0 Å². The van der Waals surface area contributed by atoms with Gasteiger partial charge in [-0.15, -0.1) is 11.3 Å². The standard InChI is InChI=1S/C19H24N2O2S/c1-14-6-10-24-18(14)12-21-8-9-22-19-16(21)4-5-17(19)23-13-15-3-2-7-20-11-15/h2-3,6-7,10-11,16-17,19H,4-5,8-9,12-13H2,1H3/t16-,17-,19-/m1/s1. The summed E-state index contributed by atoms with van der Waals surface area (Å²) in [4.78, 5) is 8.23. The highest BCUT2D eigenvalue weighted by Crippen LogP contribution is 2.34. The van der Waals surface area contributed by atoms with Gasteiger partial charge in [-0.1, -0.05) is 6.07 Å². The molecule has 0 unspecified atom stereocenters. The van der Waals surface area contributed by atoms with E-state index in [1.807, 2.05) is 23.6 Å². The molecule has 5 heteroatoms. The molecule has 0 spiro atoms. The van der Waals surface area contributed by atoms with Gasteiger partial charge in [0.15, 0.2) is 0 Å². The van der Waals surface area contributed by atoms with Crippen LogP contribution in [0.5, 0.6) is 0 Å². The van der Waals surface area contributed by atoms with E-state index in [1.165, 1.54) is 10.4 Å². The Balaban J connectivity index is 1.38. The summed E-state index contributed by atoms with van der Waals surface area (Å²) in [5, 5.41) is 2.19. The Kier molecular flexibility index (Phi) is 4.94. The maximum absolute atomic E-state index is 6.18. The van der Waals surface area contributed by atoms with Crippen molar-refractivity contribution in [2.24, 2.45) is 0 Å². The zero-order valence-electron chi connectivity index (χ0n) is 14.1. The molecule has 0 aromatic carbocycles. The minimum absolute atomic E-state index is 0.197. The molecule has 0 bridgehead atoms. The van der Waals surface area contributed by atoms with Gasteiger partial charge in [0.2, 0.25) is 0 Å². The molecule has 2 aromatic rings. The molecule has 128 valence electrons. The molecule has 4 rings (SSSR count). The number of fused-ring (bicyclic) bond motifs is 1. The number of aryl methyl sites for hydroxylation is 1. The molecule has 4 nitrogen and oxygen atoms in total. The smallest absolute Gasteiger partial charge is 0.0992 e. The van der Waals surface area contributed by atoms with Crippen molar-refractivity contribution in [2.45, 2.75) is 51.2 Å². The SMILES string of the molecule is Cc1ccsc1CN1CCO[C@@H]2[C@H]1CC[C@H]2OCc1cccnc1. The highest BCUT2D eigenvalue weighted by atomic mass is 32.1. The van der Waals surface area contributed by atoms with E-state index in [0.29, 0.717) is 12.6 Å². The van der Waals surface area contributed by atoms with E-state index in [9.17, 15) is 0 Å². The molecule has 1 aliphatic carbocycles. The zero-order valence-corrected chi connectivity index (χ0v) is 14.9. The van der Waals surface area contributed by atoms with Gasteiger partial charge in [0.1, 0.15) is 0 Å². The van der Waals surface area contributed by atoms with Crippen molar-refractivity contribution in [1.82, 2.24) is 9.88 Å². The van der Waals surface area contributed by atoms with Gasteiger partial charge in [-0.25, -0.2) is 0 Å². The molecule has 3 heterocycles. The van der Waals surface area contributed by atoms with Crippen molar-refractivity contribution in [2.75, 3.05) is 13.2 Å². The zero-order chi connectivity index (χ0) is 16.4. The molecule has 0 radical (unpaired) electrons. The Labute approximate surface area is 147 Å². The van der Waals surface area contributed by atoms with E-state index < -0.39 is 0 Å². The summed E-state index contributed by atoms with van der Waals surface area (Å²) in [5.41, 5.74) is 2.54. The number of thiophene rings is 1. The Morgan fingerprint density at radius 3 is 3.12 bits per heavy atom. The monoisotopic (exact) mass is 344 g/mol. The number of pyridine rings is 1. The molecular formula is C19H24N2O2S. The lowest BCUT2D eigenvalue weighted by Crippen LogP contribution is -2.51. The van der Waals surface area contributed by atoms with E-state index in [1.54, 1.807) is 6.20 Å². The van der Waals surface area contributed by atoms with Crippen LogP contribution in [0.3, 0.4) is 0 Å². The summed E-state index contributed by atoms with van der Waals surface area (Å²) in [6, 6.07) is 6.72. The normalized spacial score (nSPS) is 27.3. The molecule has 2 fully saturated rings. The van der Waals surface area contributed by atoms with Crippen LogP contribution in [0.2, 0.25) is 0 Å². The van der Waals surface area contributed by atoms with Gasteiger partial charge in [0.05, 0.1) is 25.4 Å². The summed E-state index contributed by atoms with van der Waals surface area (Å²) in [6.45, 7) is 5.70. The second kappa shape index (κ2) is 7.31. The van der Waals surface area contributed by atoms with Crippen LogP contribution >= 0.6 is 11.3 Å². The number of nitrogens with zero attached hydrogens (tertiary/aromatic N) is 2. The van der Waals surface area contributed by atoms with Gasteiger partial charge in [0, 0.05) is 36.4 Å². The highest BCUT2D eigenvalue weighted by molar-refractivity contribution is 7.10. The lowest BCUT2D eigenvalue weighted by Gasteiger charge is -2.39. The number of aromatic nitrogens is 1. The third-order valence-electron chi connectivity index (χ3n) is 5.15. The van der Waals surface area contributed by atoms with Crippen LogP contribution in [-0.2, 0) is 22.6 Å². The number of rotatable bonds is 5. The molecule has 1 saturated carbocycles. The minimum Gasteiger partial charge on any atom is -0.373 e. The maximum atomic E-state index is 6.18. The van der Waals surface area contributed by atoms with Crippen molar-refractivity contribution < 1.29 is 9.47 Å². The Bertz CT molecular complexity index is 660. The van der Waals surface area contributed by atoms with E-state index in [4.69, 9.17) is 9.47 Å². The number of ether oxygens (including phenoxy) is 2. The van der Waals surface area contributed by atoms with Crippen LogP contribution in [0.15, 0.2) is 36.0 Å². The Hall–Kier alpha value is -1.27. The lowest BCUT2D eigenvalue weighted by atomic mass is 10.1. The highest BCUT2D eigenvalue weighted by Gasteiger charge is 2.43. The second-order valence-corrected chi connectivity index (χ2v) is 7.69. The van der Waals surface area contributed by atoms with Gasteiger partial charge >= 0.3 is 0 Å². The molecule has 2 aliphatic rings. The third-order valence-corrected chi connectivity index (χ3v) is 6.16. The number of hydrogen-bond donors (Lipinski definition) is 0. The number of morpholine rings is 1. The van der Waals surface area contributed by atoms with Crippen LogP contribution < -0.4 is 0 Å². The largest absolute Gasteiger partial charge is 0.373 e. The number of hydrogen-bond acceptors (Lipinski definition) is 5. The van der Waals surface area contributed by atoms with Crippen LogP contribution in [0.1, 0.15) is 28.8 Å². The van der Waals surface area contributed by atoms with Crippen molar-refractivity contribution in [3.8, 4) is 0 Å². The van der Waals surface area contributed by atoms with Gasteiger partial charge in [0.25, 0.3) is 0 Å². The van der Waals surface area contributed by atoms with Gasteiger partial charge in [-0.3, -0.25) is 9.88 Å². The first kappa shape index (κ1) is 16.2. The van der Waals surface area contributed by atoms with Gasteiger partial charge < -0.3 is 9.47 Å². The first-order valence-electron chi connectivity index (χ1n) is 8.70. The summed E-state index contributed by atoms with van der Waals surface area (Å²) in [5.74, 6) is 0. The van der Waals surface area contributed by atoms with E-state index in [0.717, 1.165) is 38.1 Å². The first-order valence-corrected chi connectivity index (χ1v) is 9.58. The van der Waals surface area contributed by atoms with Crippen molar-refractivity contribution >= 4 is 11.3 Å². The van der Waals surface area contributed by atoms with Gasteiger partial charge in [-0.05, 0) is 48.4 Å². The van der Waals surface area contributed by atoms with Crippen LogP contribution in [-0.4, -0.2) is 41.3 Å². The van der Waals surface area contributed by atoms with E-state index in [2.05, 4.69) is 34.3 Å². The topological polar surface area (TPSA) is 34.6 Å². The molecule has 3 atom stereocenters. The second-order valence-electron chi connectivity index (χ2n) is 6.69.